The highest BCUT2D eigenvalue weighted by Gasteiger charge is 2.25. The van der Waals surface area contributed by atoms with Crippen LogP contribution in [0.2, 0.25) is 0 Å². The quantitative estimate of drug-likeness (QED) is 0.108. The molecule has 15 aromatic carbocycles. The van der Waals surface area contributed by atoms with Gasteiger partial charge in [-0.2, -0.15) is 0 Å². The van der Waals surface area contributed by atoms with Gasteiger partial charge in [-0.1, -0.05) is 295 Å². The minimum Gasteiger partial charge on any atom is -0.308 e. The molecular weight excluding hydrogens is 1310 g/mol. The number of hydrogen-bond acceptors (Lipinski definition) is 6. The summed E-state index contributed by atoms with van der Waals surface area (Å²) in [6.45, 7) is 8.55. The molecule has 4 aromatic heterocycles. The van der Waals surface area contributed by atoms with Crippen molar-refractivity contribution in [3.05, 3.63) is 374 Å². The van der Waals surface area contributed by atoms with Crippen molar-refractivity contribution in [2.45, 2.75) is 27.7 Å². The third-order valence-electron chi connectivity index (χ3n) is 21.0. The van der Waals surface area contributed by atoms with Gasteiger partial charge >= 0.3 is 0 Å². The van der Waals surface area contributed by atoms with Crippen LogP contribution >= 0.6 is 0 Å². The zero-order chi connectivity index (χ0) is 72.3. The number of aromatic nitrogens is 8. The lowest BCUT2D eigenvalue weighted by Gasteiger charge is -2.18. The Kier molecular flexibility index (Phi) is 16.3. The smallest absolute Gasteiger partial charge is 0.166 e. The molecule has 0 N–H and O–H groups in total. The third kappa shape index (κ3) is 12.2. The van der Waals surface area contributed by atoms with Crippen molar-refractivity contribution in [3.63, 3.8) is 0 Å². The van der Waals surface area contributed by atoms with Crippen molar-refractivity contribution in [2.75, 3.05) is 0 Å². The van der Waals surface area contributed by atoms with E-state index in [1.165, 1.54) is 22.3 Å². The van der Waals surface area contributed by atoms with Gasteiger partial charge in [0.25, 0.3) is 0 Å². The van der Waals surface area contributed by atoms with Crippen LogP contribution in [0.25, 0.3) is 190 Å². The van der Waals surface area contributed by atoms with Crippen LogP contribution in [0.15, 0.2) is 352 Å². The molecule has 19 aromatic rings. The Bertz CT molecular complexity index is 5920. The molecule has 0 radical (unpaired) electrons. The molecule has 108 heavy (non-hydrogen) atoms. The summed E-state index contributed by atoms with van der Waals surface area (Å²) in [5.74, 6) is 3.40. The van der Waals surface area contributed by atoms with E-state index in [9.17, 15) is 0 Å². The lowest BCUT2D eigenvalue weighted by atomic mass is 9.95. The molecule has 0 amide bonds. The molecule has 0 spiro atoms. The lowest BCUT2D eigenvalue weighted by Crippen LogP contribution is -2.04. The van der Waals surface area contributed by atoms with Gasteiger partial charge in [0.05, 0.1) is 33.4 Å². The molecule has 0 aliphatic carbocycles. The van der Waals surface area contributed by atoms with Crippen LogP contribution < -0.4 is 0 Å². The molecule has 510 valence electrons. The summed E-state index contributed by atoms with van der Waals surface area (Å²) in [5.41, 5.74) is 29.4. The van der Waals surface area contributed by atoms with Gasteiger partial charge in [0, 0.05) is 54.9 Å². The topological polar surface area (TPSA) is 87.2 Å². The van der Waals surface area contributed by atoms with E-state index >= 15 is 0 Å². The van der Waals surface area contributed by atoms with E-state index in [0.29, 0.717) is 34.9 Å². The van der Waals surface area contributed by atoms with Crippen molar-refractivity contribution in [2.24, 2.45) is 0 Å². The minimum absolute atomic E-state index is 0.545. The number of rotatable bonds is 14. The maximum atomic E-state index is 5.50. The first kappa shape index (κ1) is 64.7. The van der Waals surface area contributed by atoms with Gasteiger partial charge in [0.15, 0.2) is 34.9 Å². The molecule has 8 heteroatoms. The normalized spacial score (nSPS) is 11.5. The molecular formula is C100H70N8. The zero-order valence-electron chi connectivity index (χ0n) is 60.1. The minimum atomic E-state index is 0.545. The fraction of sp³-hybridized carbons (Fsp3) is 0.0400. The first-order valence-electron chi connectivity index (χ1n) is 36.7. The highest BCUT2D eigenvalue weighted by molar-refractivity contribution is 6.14. The summed E-state index contributed by atoms with van der Waals surface area (Å²) < 4.78 is 4.82. The molecule has 0 bridgehead atoms. The fourth-order valence-corrected chi connectivity index (χ4v) is 15.2. The Labute approximate surface area is 627 Å². The van der Waals surface area contributed by atoms with E-state index in [4.69, 9.17) is 29.9 Å². The first-order chi connectivity index (χ1) is 53.1. The Morgan fingerprint density at radius 3 is 0.648 bits per heavy atom. The highest BCUT2D eigenvalue weighted by atomic mass is 15.1. The predicted octanol–water partition coefficient (Wildman–Crippen LogP) is 25.5. The van der Waals surface area contributed by atoms with Crippen molar-refractivity contribution < 1.29 is 0 Å². The van der Waals surface area contributed by atoms with E-state index in [-0.39, 0.29) is 0 Å². The van der Waals surface area contributed by atoms with Crippen LogP contribution in [0.1, 0.15) is 22.3 Å². The molecule has 19 rings (SSSR count). The molecule has 0 saturated heterocycles. The second-order valence-corrected chi connectivity index (χ2v) is 28.2. The van der Waals surface area contributed by atoms with Crippen molar-refractivity contribution in [1.29, 1.82) is 0 Å². The number of benzene rings is 15. The second-order valence-electron chi connectivity index (χ2n) is 28.2. The van der Waals surface area contributed by atoms with E-state index in [1.807, 2.05) is 72.8 Å². The zero-order valence-corrected chi connectivity index (χ0v) is 60.1. The monoisotopic (exact) mass is 1380 g/mol. The lowest BCUT2D eigenvalue weighted by molar-refractivity contribution is 1.06. The van der Waals surface area contributed by atoms with E-state index in [1.54, 1.807) is 0 Å². The van der Waals surface area contributed by atoms with Gasteiger partial charge in [-0.15, -0.1) is 0 Å². The summed E-state index contributed by atoms with van der Waals surface area (Å²) in [7, 11) is 0. The average Bonchev–Trinajstić information content (AvgIpc) is 1.55. The first-order valence-corrected chi connectivity index (χ1v) is 36.7. The molecule has 0 unspecified atom stereocenters. The largest absolute Gasteiger partial charge is 0.308 e. The fourth-order valence-electron chi connectivity index (χ4n) is 15.2. The molecule has 0 aliphatic heterocycles. The third-order valence-corrected chi connectivity index (χ3v) is 21.0. The number of hydrogen-bond donors (Lipinski definition) is 0. The number of nitrogens with zero attached hydrogens (tertiary/aromatic N) is 8. The van der Waals surface area contributed by atoms with E-state index < -0.39 is 0 Å². The Balaban J connectivity index is 0.825. The van der Waals surface area contributed by atoms with Crippen LogP contribution in [0.3, 0.4) is 0 Å². The van der Waals surface area contributed by atoms with E-state index in [2.05, 4.69) is 316 Å². The molecule has 0 atom stereocenters. The second kappa shape index (κ2) is 27.2. The summed E-state index contributed by atoms with van der Waals surface area (Å²) in [6, 6.07) is 126. The van der Waals surface area contributed by atoms with Crippen LogP contribution in [-0.4, -0.2) is 39.0 Å². The summed E-state index contributed by atoms with van der Waals surface area (Å²) in [4.78, 5) is 32.4. The van der Waals surface area contributed by atoms with Crippen molar-refractivity contribution in [3.8, 4) is 146 Å². The standard InChI is InChI=1S/C100H70N8/c1-63-28-36-67(37-29-63)77-44-50-89-83(57-77)84-58-78(68-38-30-64(2)31-39-68)45-51-90(84)107(89)93-54-48-81(61-87(93)99-103-95(71-18-9-5-10-19-71)101-96(104-99)72-20-11-6-12-21-72)75-26-17-27-76(56-75)82-49-55-94(88(62-82)100-105-97(73-22-13-7-14-23-73)102-98(106-100)74-24-15-8-16-25-74)108-91-52-46-79(69-40-32-65(3)33-41-69)59-85(91)86-60-80(47-53-92(86)108)70-42-34-66(4)35-43-70/h5-62H,1-4H3. The van der Waals surface area contributed by atoms with Crippen LogP contribution in [0.5, 0.6) is 0 Å². The Hall–Kier alpha value is -14.1. The maximum absolute atomic E-state index is 5.50. The van der Waals surface area contributed by atoms with Crippen LogP contribution in [-0.2, 0) is 0 Å². The SMILES string of the molecule is Cc1ccc(-c2ccc3c(c2)c2cc(-c4ccc(C)cc4)ccc2n3-c2ccc(-c3cccc(-c4ccc(-n5c6ccc(-c7ccc(C)cc7)cc6c6cc(-c7ccc(C)cc7)ccc65)c(-c5nc(-c6ccccc6)nc(-c6ccccc6)n5)c4)c3)cc2-c2nc(-c3ccccc3)nc(-c3ccccc3)n2)cc1. The number of fused-ring (bicyclic) bond motifs is 6. The molecule has 4 heterocycles. The maximum Gasteiger partial charge on any atom is 0.166 e. The molecule has 8 nitrogen and oxygen atoms in total. The van der Waals surface area contributed by atoms with E-state index in [0.717, 1.165) is 155 Å². The van der Waals surface area contributed by atoms with Crippen LogP contribution in [0, 0.1) is 27.7 Å². The summed E-state index contributed by atoms with van der Waals surface area (Å²) in [6.07, 6.45) is 0. The van der Waals surface area contributed by atoms with Gasteiger partial charge in [-0.25, -0.2) is 29.9 Å². The van der Waals surface area contributed by atoms with Crippen molar-refractivity contribution in [1.82, 2.24) is 39.0 Å². The van der Waals surface area contributed by atoms with Gasteiger partial charge < -0.3 is 9.13 Å². The van der Waals surface area contributed by atoms with Crippen LogP contribution in [0.4, 0.5) is 0 Å². The van der Waals surface area contributed by atoms with Gasteiger partial charge in [0.1, 0.15) is 0 Å². The summed E-state index contributed by atoms with van der Waals surface area (Å²) in [5, 5.41) is 4.55. The molecule has 0 aliphatic rings. The molecule has 0 fully saturated rings. The summed E-state index contributed by atoms with van der Waals surface area (Å²) >= 11 is 0. The Morgan fingerprint density at radius 1 is 0.167 bits per heavy atom. The van der Waals surface area contributed by atoms with Gasteiger partial charge in [0.2, 0.25) is 0 Å². The highest BCUT2D eigenvalue weighted by Crippen LogP contribution is 2.45. The number of aryl methyl sites for hydroxylation is 4. The van der Waals surface area contributed by atoms with Crippen molar-refractivity contribution >= 4 is 43.6 Å². The molecule has 0 saturated carbocycles. The average molecular weight is 1380 g/mol. The van der Waals surface area contributed by atoms with Gasteiger partial charge in [-0.3, -0.25) is 0 Å². The van der Waals surface area contributed by atoms with Gasteiger partial charge in [-0.05, 0) is 173 Å². The Morgan fingerprint density at radius 2 is 0.380 bits per heavy atom. The predicted molar refractivity (Wildman–Crippen MR) is 446 cm³/mol.